The lowest BCUT2D eigenvalue weighted by molar-refractivity contribution is -0.120. The van der Waals surface area contributed by atoms with E-state index in [1.54, 1.807) is 11.1 Å². The van der Waals surface area contributed by atoms with Gasteiger partial charge in [-0.05, 0) is 55.9 Å². The van der Waals surface area contributed by atoms with Gasteiger partial charge < -0.3 is 15.0 Å². The molecule has 29 heavy (non-hydrogen) atoms. The van der Waals surface area contributed by atoms with Crippen LogP contribution in [0.25, 0.3) is 0 Å². The first-order valence-electron chi connectivity index (χ1n) is 10.5. The van der Waals surface area contributed by atoms with Crippen LogP contribution in [0, 0.1) is 0 Å². The first-order chi connectivity index (χ1) is 14.2. The number of carbonyl (C=O) groups is 2. The Hall–Kier alpha value is -2.89. The third-order valence-electron chi connectivity index (χ3n) is 5.59. The highest BCUT2D eigenvalue weighted by atomic mass is 16.5. The van der Waals surface area contributed by atoms with E-state index < -0.39 is 0 Å². The quantitative estimate of drug-likeness (QED) is 0.783. The molecule has 1 aliphatic heterocycles. The number of benzene rings is 1. The Kier molecular flexibility index (Phi) is 6.08. The van der Waals surface area contributed by atoms with Gasteiger partial charge in [0.1, 0.15) is 6.10 Å². The van der Waals surface area contributed by atoms with Gasteiger partial charge >= 0.3 is 0 Å². The second kappa shape index (κ2) is 9.07. The lowest BCUT2D eigenvalue weighted by Crippen LogP contribution is -2.26. The molecule has 2 aliphatic rings. The average Bonchev–Trinajstić information content (AvgIpc) is 3.40. The minimum absolute atomic E-state index is 0.0503. The summed E-state index contributed by atoms with van der Waals surface area (Å²) >= 11 is 0. The summed E-state index contributed by atoms with van der Waals surface area (Å²) in [7, 11) is 0. The van der Waals surface area contributed by atoms with Crippen molar-refractivity contribution in [3.05, 3.63) is 53.7 Å². The van der Waals surface area contributed by atoms with E-state index in [1.807, 2.05) is 36.4 Å². The van der Waals surface area contributed by atoms with Crippen LogP contribution >= 0.6 is 0 Å². The summed E-state index contributed by atoms with van der Waals surface area (Å²) in [6.45, 7) is 1.17. The van der Waals surface area contributed by atoms with Gasteiger partial charge in [0.25, 0.3) is 0 Å². The summed E-state index contributed by atoms with van der Waals surface area (Å²) in [6, 6.07) is 11.5. The third kappa shape index (κ3) is 4.94. The fourth-order valence-corrected chi connectivity index (χ4v) is 3.99. The standard InChI is InChI=1S/C23H27N3O3/c27-21(15-17-9-11-19(12-10-17)26-14-4-8-22(26)28)25-16-18-5-3-13-24-23(18)29-20-6-1-2-7-20/h3,5,9-13,20H,1-2,4,6-8,14-16H2,(H,25,27). The van der Waals surface area contributed by atoms with Crippen LogP contribution in [0.1, 0.15) is 49.7 Å². The number of carbonyl (C=O) groups excluding carboxylic acids is 2. The summed E-state index contributed by atoms with van der Waals surface area (Å²) in [6.07, 6.45) is 8.33. The van der Waals surface area contributed by atoms with Crippen LogP contribution in [0.4, 0.5) is 5.69 Å². The van der Waals surface area contributed by atoms with Crippen LogP contribution in [-0.4, -0.2) is 29.4 Å². The molecule has 1 saturated heterocycles. The van der Waals surface area contributed by atoms with E-state index in [4.69, 9.17) is 4.74 Å². The molecule has 0 unspecified atom stereocenters. The minimum Gasteiger partial charge on any atom is -0.474 e. The Morgan fingerprint density at radius 1 is 1.14 bits per heavy atom. The number of hydrogen-bond donors (Lipinski definition) is 1. The number of rotatable bonds is 7. The summed E-state index contributed by atoms with van der Waals surface area (Å²) in [5.74, 6) is 0.743. The van der Waals surface area contributed by atoms with Crippen LogP contribution in [0.5, 0.6) is 5.88 Å². The summed E-state index contributed by atoms with van der Waals surface area (Å²) < 4.78 is 6.03. The van der Waals surface area contributed by atoms with Gasteiger partial charge in [-0.3, -0.25) is 9.59 Å². The molecule has 1 N–H and O–H groups in total. The maximum absolute atomic E-state index is 12.4. The third-order valence-corrected chi connectivity index (χ3v) is 5.59. The normalized spacial score (nSPS) is 17.0. The maximum atomic E-state index is 12.4. The van der Waals surface area contributed by atoms with Crippen molar-refractivity contribution < 1.29 is 14.3 Å². The van der Waals surface area contributed by atoms with Gasteiger partial charge in [0, 0.05) is 37.0 Å². The number of nitrogens with zero attached hydrogens (tertiary/aromatic N) is 2. The highest BCUT2D eigenvalue weighted by molar-refractivity contribution is 5.95. The molecule has 2 heterocycles. The topological polar surface area (TPSA) is 71.5 Å². The Labute approximate surface area is 171 Å². The number of aromatic nitrogens is 1. The Morgan fingerprint density at radius 2 is 1.93 bits per heavy atom. The predicted octanol–water partition coefficient (Wildman–Crippen LogP) is 3.39. The van der Waals surface area contributed by atoms with Crippen molar-refractivity contribution in [2.24, 2.45) is 0 Å². The Bertz CT molecular complexity index is 860. The second-order valence-corrected chi connectivity index (χ2v) is 7.76. The molecular formula is C23H27N3O3. The Morgan fingerprint density at radius 3 is 2.66 bits per heavy atom. The van der Waals surface area contributed by atoms with E-state index in [0.29, 0.717) is 25.3 Å². The zero-order chi connectivity index (χ0) is 20.1. The van der Waals surface area contributed by atoms with Crippen molar-refractivity contribution in [3.8, 4) is 5.88 Å². The molecule has 1 aromatic heterocycles. The number of hydrogen-bond acceptors (Lipinski definition) is 4. The van der Waals surface area contributed by atoms with Crippen molar-refractivity contribution in [1.29, 1.82) is 0 Å². The predicted molar refractivity (Wildman–Crippen MR) is 111 cm³/mol. The van der Waals surface area contributed by atoms with Crippen LogP contribution in [0.3, 0.4) is 0 Å². The van der Waals surface area contributed by atoms with Gasteiger partial charge in [0.15, 0.2) is 0 Å². The fraction of sp³-hybridized carbons (Fsp3) is 0.435. The van der Waals surface area contributed by atoms with Crippen molar-refractivity contribution >= 4 is 17.5 Å². The van der Waals surface area contributed by atoms with E-state index in [0.717, 1.165) is 42.6 Å². The Balaban J connectivity index is 1.30. The molecule has 0 radical (unpaired) electrons. The van der Waals surface area contributed by atoms with Crippen molar-refractivity contribution in [1.82, 2.24) is 10.3 Å². The SMILES string of the molecule is O=C(Cc1ccc(N2CCCC2=O)cc1)NCc1cccnc1OC1CCCC1. The summed E-state index contributed by atoms with van der Waals surface area (Å²) in [4.78, 5) is 30.4. The lowest BCUT2D eigenvalue weighted by atomic mass is 10.1. The van der Waals surface area contributed by atoms with Gasteiger partial charge in [-0.15, -0.1) is 0 Å². The first kappa shape index (κ1) is 19.4. The summed E-state index contributed by atoms with van der Waals surface area (Å²) in [5, 5.41) is 2.97. The highest BCUT2D eigenvalue weighted by Gasteiger charge is 2.21. The molecule has 2 fully saturated rings. The molecule has 6 nitrogen and oxygen atoms in total. The zero-order valence-electron chi connectivity index (χ0n) is 16.6. The molecule has 1 aliphatic carbocycles. The van der Waals surface area contributed by atoms with Crippen LogP contribution in [0.15, 0.2) is 42.6 Å². The maximum Gasteiger partial charge on any atom is 0.227 e. The molecule has 4 rings (SSSR count). The molecule has 2 aromatic rings. The molecular weight excluding hydrogens is 366 g/mol. The van der Waals surface area contributed by atoms with Crippen molar-refractivity contribution in [3.63, 3.8) is 0 Å². The fourth-order valence-electron chi connectivity index (χ4n) is 3.99. The zero-order valence-corrected chi connectivity index (χ0v) is 16.6. The van der Waals surface area contributed by atoms with Crippen LogP contribution in [-0.2, 0) is 22.6 Å². The summed E-state index contributed by atoms with van der Waals surface area (Å²) in [5.41, 5.74) is 2.72. The van der Waals surface area contributed by atoms with Gasteiger partial charge in [0.2, 0.25) is 17.7 Å². The molecule has 2 amide bonds. The minimum atomic E-state index is -0.0503. The lowest BCUT2D eigenvalue weighted by Gasteiger charge is -2.16. The molecule has 0 bridgehead atoms. The number of ether oxygens (including phenoxy) is 1. The molecule has 1 aromatic carbocycles. The van der Waals surface area contributed by atoms with Gasteiger partial charge in [-0.1, -0.05) is 18.2 Å². The van der Waals surface area contributed by atoms with Gasteiger partial charge in [-0.2, -0.15) is 0 Å². The number of anilines is 1. The molecule has 6 heteroatoms. The second-order valence-electron chi connectivity index (χ2n) is 7.76. The number of nitrogens with one attached hydrogen (secondary N) is 1. The van der Waals surface area contributed by atoms with Crippen molar-refractivity contribution in [2.75, 3.05) is 11.4 Å². The smallest absolute Gasteiger partial charge is 0.227 e. The largest absolute Gasteiger partial charge is 0.474 e. The van der Waals surface area contributed by atoms with E-state index >= 15 is 0 Å². The average molecular weight is 393 g/mol. The van der Waals surface area contributed by atoms with Crippen LogP contribution < -0.4 is 15.0 Å². The van der Waals surface area contributed by atoms with Crippen molar-refractivity contribution in [2.45, 2.75) is 57.6 Å². The van der Waals surface area contributed by atoms with E-state index in [1.165, 1.54) is 12.8 Å². The van der Waals surface area contributed by atoms with E-state index in [2.05, 4.69) is 10.3 Å². The molecule has 0 atom stereocenters. The molecule has 1 saturated carbocycles. The van der Waals surface area contributed by atoms with Gasteiger partial charge in [0.05, 0.1) is 6.42 Å². The number of amides is 2. The first-order valence-corrected chi connectivity index (χ1v) is 10.5. The molecule has 0 spiro atoms. The number of pyridine rings is 1. The molecule has 152 valence electrons. The monoisotopic (exact) mass is 393 g/mol. The highest BCUT2D eigenvalue weighted by Crippen LogP contribution is 2.25. The van der Waals surface area contributed by atoms with Crippen LogP contribution in [0.2, 0.25) is 0 Å². The van der Waals surface area contributed by atoms with E-state index in [-0.39, 0.29) is 17.9 Å². The van der Waals surface area contributed by atoms with Gasteiger partial charge in [-0.25, -0.2) is 4.98 Å². The van der Waals surface area contributed by atoms with E-state index in [9.17, 15) is 9.59 Å².